The van der Waals surface area contributed by atoms with Crippen LogP contribution in [0.2, 0.25) is 0 Å². The van der Waals surface area contributed by atoms with E-state index in [-0.39, 0.29) is 0 Å². The zero-order chi connectivity index (χ0) is 6.69. The molecule has 1 rings (SSSR count). The number of aryl methyl sites for hydroxylation is 1. The van der Waals surface area contributed by atoms with Crippen LogP contribution in [-0.4, -0.2) is 0 Å². The Morgan fingerprint density at radius 1 is 1.67 bits per heavy atom. The average molecular weight is 120 g/mol. The van der Waals surface area contributed by atoms with Crippen molar-refractivity contribution >= 4 is 0 Å². The molecule has 0 aliphatic carbocycles. The van der Waals surface area contributed by atoms with Crippen molar-refractivity contribution in [3.8, 4) is 12.3 Å². The second-order valence-corrected chi connectivity index (χ2v) is 1.89. The maximum absolute atomic E-state index is 5.18. The molecule has 46 valence electrons. The minimum Gasteiger partial charge on any atom is -0.465 e. The molecule has 0 aromatic carbocycles. The zero-order valence-corrected chi connectivity index (χ0v) is 5.35. The fourth-order valence-corrected chi connectivity index (χ4v) is 0.681. The summed E-state index contributed by atoms with van der Waals surface area (Å²) in [5.41, 5.74) is 0. The van der Waals surface area contributed by atoms with Crippen molar-refractivity contribution < 1.29 is 4.42 Å². The second-order valence-electron chi connectivity index (χ2n) is 1.89. The van der Waals surface area contributed by atoms with Gasteiger partial charge in [-0.1, -0.05) is 5.92 Å². The molecule has 0 saturated heterocycles. The van der Waals surface area contributed by atoms with Crippen molar-refractivity contribution in [2.75, 3.05) is 0 Å². The second kappa shape index (κ2) is 2.41. The highest BCUT2D eigenvalue weighted by Gasteiger charge is 1.92. The summed E-state index contributed by atoms with van der Waals surface area (Å²) in [6.45, 7) is 1.90. The highest BCUT2D eigenvalue weighted by atomic mass is 16.3. The van der Waals surface area contributed by atoms with Gasteiger partial charge < -0.3 is 4.42 Å². The van der Waals surface area contributed by atoms with Crippen LogP contribution in [0.15, 0.2) is 16.5 Å². The van der Waals surface area contributed by atoms with E-state index in [4.69, 9.17) is 10.8 Å². The molecule has 0 N–H and O–H groups in total. The van der Waals surface area contributed by atoms with Gasteiger partial charge >= 0.3 is 0 Å². The monoisotopic (exact) mass is 120 g/mol. The van der Waals surface area contributed by atoms with E-state index >= 15 is 0 Å². The summed E-state index contributed by atoms with van der Waals surface area (Å²) in [6.07, 6.45) is 5.65. The van der Waals surface area contributed by atoms with Gasteiger partial charge in [0.2, 0.25) is 0 Å². The predicted octanol–water partition coefficient (Wildman–Crippen LogP) is 1.76. The lowest BCUT2D eigenvalue weighted by molar-refractivity contribution is 0.496. The van der Waals surface area contributed by atoms with Gasteiger partial charge in [-0.3, -0.25) is 0 Å². The fraction of sp³-hybridized carbons (Fsp3) is 0.250. The molecule has 0 unspecified atom stereocenters. The van der Waals surface area contributed by atoms with E-state index in [1.807, 2.05) is 19.1 Å². The van der Waals surface area contributed by atoms with E-state index in [1.165, 1.54) is 0 Å². The lowest BCUT2D eigenvalue weighted by atomic mass is 10.3. The van der Waals surface area contributed by atoms with Gasteiger partial charge in [-0.05, 0) is 19.1 Å². The molecule has 0 aliphatic heterocycles. The Balaban J connectivity index is 2.76. The fourth-order valence-electron chi connectivity index (χ4n) is 0.681. The molecule has 9 heavy (non-hydrogen) atoms. The van der Waals surface area contributed by atoms with Crippen molar-refractivity contribution in [2.24, 2.45) is 0 Å². The van der Waals surface area contributed by atoms with Crippen molar-refractivity contribution in [1.82, 2.24) is 0 Å². The third-order valence-corrected chi connectivity index (χ3v) is 1.07. The first-order valence-corrected chi connectivity index (χ1v) is 2.81. The quantitative estimate of drug-likeness (QED) is 0.515. The van der Waals surface area contributed by atoms with Crippen LogP contribution < -0.4 is 0 Å². The normalized spacial score (nSPS) is 8.89. The summed E-state index contributed by atoms with van der Waals surface area (Å²) in [5, 5.41) is 0. The highest BCUT2D eigenvalue weighted by molar-refractivity contribution is 5.10. The summed E-state index contributed by atoms with van der Waals surface area (Å²) >= 11 is 0. The van der Waals surface area contributed by atoms with Crippen LogP contribution in [0.5, 0.6) is 0 Å². The van der Waals surface area contributed by atoms with Crippen LogP contribution >= 0.6 is 0 Å². The van der Waals surface area contributed by atoms with Gasteiger partial charge in [-0.15, -0.1) is 6.42 Å². The van der Waals surface area contributed by atoms with Crippen LogP contribution in [0, 0.1) is 19.3 Å². The molecule has 0 spiro atoms. The number of rotatable bonds is 1. The van der Waals surface area contributed by atoms with E-state index in [1.54, 1.807) is 0 Å². The van der Waals surface area contributed by atoms with Gasteiger partial charge in [0.05, 0.1) is 6.42 Å². The largest absolute Gasteiger partial charge is 0.465 e. The van der Waals surface area contributed by atoms with E-state index in [0.29, 0.717) is 6.42 Å². The third-order valence-electron chi connectivity index (χ3n) is 1.07. The molecule has 1 heteroatoms. The molecule has 0 amide bonds. The SMILES string of the molecule is C#CCc1ccc(C)o1. The van der Waals surface area contributed by atoms with Gasteiger partial charge in [0, 0.05) is 0 Å². The average Bonchev–Trinajstić information content (AvgIpc) is 2.17. The van der Waals surface area contributed by atoms with Gasteiger partial charge in [0.25, 0.3) is 0 Å². The van der Waals surface area contributed by atoms with Crippen LogP contribution in [0.25, 0.3) is 0 Å². The molecule has 0 saturated carbocycles. The Hall–Kier alpha value is -1.16. The molecule has 0 radical (unpaired) electrons. The number of hydrogen-bond donors (Lipinski definition) is 0. The standard InChI is InChI=1S/C8H8O/c1-3-4-8-6-5-7(2)9-8/h1,5-6H,4H2,2H3. The molecule has 1 aromatic rings. The summed E-state index contributed by atoms with van der Waals surface area (Å²) in [5.74, 6) is 4.29. The molecule has 1 aromatic heterocycles. The van der Waals surface area contributed by atoms with E-state index in [9.17, 15) is 0 Å². The molecular weight excluding hydrogens is 112 g/mol. The van der Waals surface area contributed by atoms with Crippen molar-refractivity contribution in [3.05, 3.63) is 23.7 Å². The maximum Gasteiger partial charge on any atom is 0.116 e. The Labute approximate surface area is 54.7 Å². The Morgan fingerprint density at radius 3 is 2.89 bits per heavy atom. The highest BCUT2D eigenvalue weighted by Crippen LogP contribution is 2.05. The molecule has 0 bridgehead atoms. The summed E-state index contributed by atoms with van der Waals surface area (Å²) in [7, 11) is 0. The van der Waals surface area contributed by atoms with Gasteiger partial charge in [-0.25, -0.2) is 0 Å². The Morgan fingerprint density at radius 2 is 2.44 bits per heavy atom. The third kappa shape index (κ3) is 1.36. The van der Waals surface area contributed by atoms with Gasteiger partial charge in [0.15, 0.2) is 0 Å². The number of hydrogen-bond acceptors (Lipinski definition) is 1. The first-order valence-electron chi connectivity index (χ1n) is 2.81. The topological polar surface area (TPSA) is 13.1 Å². The first-order chi connectivity index (χ1) is 4.33. The molecule has 1 nitrogen and oxygen atoms in total. The summed E-state index contributed by atoms with van der Waals surface area (Å²) in [6, 6.07) is 3.81. The smallest absolute Gasteiger partial charge is 0.116 e. The Bertz CT molecular complexity index is 227. The number of furan rings is 1. The maximum atomic E-state index is 5.18. The molecule has 0 aliphatic rings. The lowest BCUT2D eigenvalue weighted by Gasteiger charge is -1.83. The lowest BCUT2D eigenvalue weighted by Crippen LogP contribution is -1.71. The van der Waals surface area contributed by atoms with Gasteiger partial charge in [0.1, 0.15) is 11.5 Å². The van der Waals surface area contributed by atoms with Crippen molar-refractivity contribution in [3.63, 3.8) is 0 Å². The van der Waals surface area contributed by atoms with E-state index in [0.717, 1.165) is 11.5 Å². The van der Waals surface area contributed by atoms with Gasteiger partial charge in [-0.2, -0.15) is 0 Å². The molecule has 1 heterocycles. The predicted molar refractivity (Wildman–Crippen MR) is 36.0 cm³/mol. The van der Waals surface area contributed by atoms with E-state index < -0.39 is 0 Å². The summed E-state index contributed by atoms with van der Waals surface area (Å²) in [4.78, 5) is 0. The first kappa shape index (κ1) is 5.97. The van der Waals surface area contributed by atoms with Crippen molar-refractivity contribution in [2.45, 2.75) is 13.3 Å². The minimum atomic E-state index is 0.591. The van der Waals surface area contributed by atoms with Crippen molar-refractivity contribution in [1.29, 1.82) is 0 Å². The van der Waals surface area contributed by atoms with Crippen LogP contribution in [0.3, 0.4) is 0 Å². The zero-order valence-electron chi connectivity index (χ0n) is 5.35. The summed E-state index contributed by atoms with van der Waals surface area (Å²) < 4.78 is 5.18. The minimum absolute atomic E-state index is 0.591. The number of terminal acetylenes is 1. The van der Waals surface area contributed by atoms with Crippen LogP contribution in [0.1, 0.15) is 11.5 Å². The molecular formula is C8H8O. The molecule has 0 fully saturated rings. The van der Waals surface area contributed by atoms with Crippen LogP contribution in [0.4, 0.5) is 0 Å². The van der Waals surface area contributed by atoms with E-state index in [2.05, 4.69) is 5.92 Å². The Kier molecular flexibility index (Phi) is 1.60. The molecule has 0 atom stereocenters. The van der Waals surface area contributed by atoms with Crippen LogP contribution in [-0.2, 0) is 6.42 Å².